The molecule has 0 amide bonds. The van der Waals surface area contributed by atoms with Gasteiger partial charge in [0, 0.05) is 31.2 Å². The number of ether oxygens (including phenoxy) is 1. The first-order valence-electron chi connectivity index (χ1n) is 5.84. The first-order valence-corrected chi connectivity index (χ1v) is 8.11. The Hall–Kier alpha value is -0.540. The van der Waals surface area contributed by atoms with Crippen molar-refractivity contribution in [1.29, 1.82) is 0 Å². The Morgan fingerprint density at radius 3 is 2.70 bits per heavy atom. The van der Waals surface area contributed by atoms with Crippen molar-refractivity contribution in [3.8, 4) is 0 Å². The summed E-state index contributed by atoms with van der Waals surface area (Å²) in [5.41, 5.74) is -1.23. The Bertz CT molecular complexity index is 563. The van der Waals surface area contributed by atoms with Crippen molar-refractivity contribution in [2.75, 3.05) is 20.3 Å². The summed E-state index contributed by atoms with van der Waals surface area (Å²) in [6.07, 6.45) is 0.288. The lowest BCUT2D eigenvalue weighted by Crippen LogP contribution is -2.41. The maximum atomic E-state index is 13.0. The molecule has 8 heteroatoms. The first-order chi connectivity index (χ1) is 9.18. The Balaban J connectivity index is 2.80. The monoisotopic (exact) mass is 369 g/mol. The predicted octanol–water partition coefficient (Wildman–Crippen LogP) is 1.65. The third kappa shape index (κ3) is 5.10. The lowest BCUT2D eigenvalue weighted by atomic mass is 10.0. The van der Waals surface area contributed by atoms with Crippen LogP contribution < -0.4 is 4.72 Å². The van der Waals surface area contributed by atoms with E-state index in [1.807, 2.05) is 0 Å². The number of benzene rings is 1. The zero-order chi connectivity index (χ0) is 15.4. The average Bonchev–Trinajstić information content (AvgIpc) is 2.34. The van der Waals surface area contributed by atoms with Crippen LogP contribution in [0.5, 0.6) is 0 Å². The summed E-state index contributed by atoms with van der Waals surface area (Å²) in [5.74, 6) is -0.539. The molecule has 1 aromatic carbocycles. The van der Waals surface area contributed by atoms with Gasteiger partial charge in [-0.2, -0.15) is 0 Å². The number of hydrogen-bond donors (Lipinski definition) is 2. The van der Waals surface area contributed by atoms with Crippen molar-refractivity contribution in [3.05, 3.63) is 28.5 Å². The Morgan fingerprint density at radius 2 is 2.15 bits per heavy atom. The van der Waals surface area contributed by atoms with E-state index in [9.17, 15) is 17.9 Å². The molecule has 1 unspecified atom stereocenters. The van der Waals surface area contributed by atoms with Gasteiger partial charge in [-0.15, -0.1) is 0 Å². The minimum absolute atomic E-state index is 0.0820. The van der Waals surface area contributed by atoms with Gasteiger partial charge >= 0.3 is 0 Å². The van der Waals surface area contributed by atoms with E-state index in [1.54, 1.807) is 0 Å². The molecule has 0 aliphatic heterocycles. The molecule has 0 aromatic heterocycles. The van der Waals surface area contributed by atoms with Crippen molar-refractivity contribution in [1.82, 2.24) is 4.72 Å². The normalized spacial score (nSPS) is 15.1. The van der Waals surface area contributed by atoms with E-state index < -0.39 is 21.4 Å². The van der Waals surface area contributed by atoms with Crippen LogP contribution in [0.25, 0.3) is 0 Å². The van der Waals surface area contributed by atoms with Crippen molar-refractivity contribution in [3.63, 3.8) is 0 Å². The number of aliphatic hydroxyl groups is 1. The van der Waals surface area contributed by atoms with Gasteiger partial charge in [-0.25, -0.2) is 17.5 Å². The molecule has 1 rings (SSSR count). The van der Waals surface area contributed by atoms with Gasteiger partial charge in [-0.05, 0) is 41.1 Å². The fourth-order valence-corrected chi connectivity index (χ4v) is 3.64. The van der Waals surface area contributed by atoms with Crippen LogP contribution in [0.15, 0.2) is 27.6 Å². The molecular formula is C12H17BrFNO4S. The average molecular weight is 370 g/mol. The van der Waals surface area contributed by atoms with Gasteiger partial charge in [0.25, 0.3) is 0 Å². The highest BCUT2D eigenvalue weighted by Gasteiger charge is 2.25. The molecule has 0 radical (unpaired) electrons. The molecule has 0 saturated carbocycles. The number of rotatable bonds is 7. The number of sulfonamides is 1. The molecule has 0 aliphatic rings. The second-order valence-corrected chi connectivity index (χ2v) is 7.23. The first kappa shape index (κ1) is 17.5. The summed E-state index contributed by atoms with van der Waals surface area (Å²) in [5, 5.41) is 9.99. The maximum absolute atomic E-state index is 13.0. The number of halogens is 2. The molecule has 0 heterocycles. The summed E-state index contributed by atoms with van der Waals surface area (Å²) >= 11 is 3.00. The van der Waals surface area contributed by atoms with Crippen LogP contribution >= 0.6 is 15.9 Å². The van der Waals surface area contributed by atoms with Gasteiger partial charge in [-0.3, -0.25) is 0 Å². The van der Waals surface area contributed by atoms with Crippen LogP contribution in [0.3, 0.4) is 0 Å². The molecule has 0 fully saturated rings. The second-order valence-electron chi connectivity index (χ2n) is 4.64. The van der Waals surface area contributed by atoms with Crippen LogP contribution in [0, 0.1) is 5.82 Å². The molecule has 5 nitrogen and oxygen atoms in total. The van der Waals surface area contributed by atoms with Gasteiger partial charge in [0.2, 0.25) is 10.0 Å². The highest BCUT2D eigenvalue weighted by molar-refractivity contribution is 9.10. The van der Waals surface area contributed by atoms with Gasteiger partial charge in [0.15, 0.2) is 0 Å². The van der Waals surface area contributed by atoms with Crippen LogP contribution in [0.2, 0.25) is 0 Å². The van der Waals surface area contributed by atoms with E-state index >= 15 is 0 Å². The lowest BCUT2D eigenvalue weighted by Gasteiger charge is -2.23. The van der Waals surface area contributed by atoms with Crippen molar-refractivity contribution < 1.29 is 22.7 Å². The van der Waals surface area contributed by atoms with Crippen LogP contribution in [-0.2, 0) is 14.8 Å². The molecule has 0 bridgehead atoms. The fourth-order valence-electron chi connectivity index (χ4n) is 1.43. The fraction of sp³-hybridized carbons (Fsp3) is 0.500. The quantitative estimate of drug-likeness (QED) is 0.766. The van der Waals surface area contributed by atoms with Gasteiger partial charge < -0.3 is 9.84 Å². The zero-order valence-electron chi connectivity index (χ0n) is 11.2. The predicted molar refractivity (Wildman–Crippen MR) is 76.4 cm³/mol. The van der Waals surface area contributed by atoms with E-state index in [0.717, 1.165) is 18.2 Å². The van der Waals surface area contributed by atoms with Crippen LogP contribution in [0.1, 0.15) is 13.3 Å². The van der Waals surface area contributed by atoms with E-state index in [-0.39, 0.29) is 22.3 Å². The molecule has 1 aromatic rings. The van der Waals surface area contributed by atoms with Gasteiger partial charge in [0.05, 0.1) is 10.5 Å². The summed E-state index contributed by atoms with van der Waals surface area (Å²) in [6, 6.07) is 3.28. The lowest BCUT2D eigenvalue weighted by molar-refractivity contribution is 0.0292. The van der Waals surface area contributed by atoms with Gasteiger partial charge in [-0.1, -0.05) is 0 Å². The van der Waals surface area contributed by atoms with Gasteiger partial charge in [0.1, 0.15) is 5.82 Å². The summed E-state index contributed by atoms with van der Waals surface area (Å²) in [7, 11) is -2.33. The largest absolute Gasteiger partial charge is 0.389 e. The minimum Gasteiger partial charge on any atom is -0.389 e. The number of methoxy groups -OCH3 is 1. The van der Waals surface area contributed by atoms with Crippen molar-refractivity contribution >= 4 is 26.0 Å². The third-order valence-electron chi connectivity index (χ3n) is 2.67. The molecule has 0 aliphatic carbocycles. The maximum Gasteiger partial charge on any atom is 0.241 e. The molecule has 114 valence electrons. The molecule has 1 atom stereocenters. The van der Waals surface area contributed by atoms with Crippen LogP contribution in [-0.4, -0.2) is 39.4 Å². The van der Waals surface area contributed by atoms with Crippen molar-refractivity contribution in [2.24, 2.45) is 0 Å². The SMILES string of the molecule is COCCC(C)(O)CNS(=O)(=O)c1ccc(F)cc1Br. The molecule has 0 saturated heterocycles. The Kier molecular flexibility index (Phi) is 6.08. The summed E-state index contributed by atoms with van der Waals surface area (Å²) in [6.45, 7) is 1.66. The number of nitrogens with one attached hydrogen (secondary N) is 1. The van der Waals surface area contributed by atoms with Crippen LogP contribution in [0.4, 0.5) is 4.39 Å². The Labute approximate surface area is 126 Å². The standard InChI is InChI=1S/C12H17BrFNO4S/c1-12(16,5-6-19-2)8-15-20(17,18)11-4-3-9(14)7-10(11)13/h3-4,7,15-16H,5-6,8H2,1-2H3. The van der Waals surface area contributed by atoms with E-state index in [0.29, 0.717) is 6.61 Å². The minimum atomic E-state index is -3.83. The zero-order valence-corrected chi connectivity index (χ0v) is 13.6. The number of hydrogen-bond acceptors (Lipinski definition) is 4. The highest BCUT2D eigenvalue weighted by Crippen LogP contribution is 2.23. The van der Waals surface area contributed by atoms with E-state index in [2.05, 4.69) is 20.7 Å². The van der Waals surface area contributed by atoms with E-state index in [4.69, 9.17) is 4.74 Å². The summed E-state index contributed by atoms with van der Waals surface area (Å²) < 4.78 is 44.4. The van der Waals surface area contributed by atoms with Crippen molar-refractivity contribution in [2.45, 2.75) is 23.8 Å². The highest BCUT2D eigenvalue weighted by atomic mass is 79.9. The topological polar surface area (TPSA) is 75.6 Å². The molecule has 2 N–H and O–H groups in total. The molecule has 0 spiro atoms. The summed E-state index contributed by atoms with van der Waals surface area (Å²) in [4.78, 5) is -0.0820. The third-order valence-corrected chi connectivity index (χ3v) is 5.05. The second kappa shape index (κ2) is 6.95. The van der Waals surface area contributed by atoms with E-state index in [1.165, 1.54) is 14.0 Å². The smallest absolute Gasteiger partial charge is 0.241 e. The molecule has 20 heavy (non-hydrogen) atoms. The molecular weight excluding hydrogens is 353 g/mol. The Morgan fingerprint density at radius 1 is 1.50 bits per heavy atom.